The zero-order chi connectivity index (χ0) is 22.4. The lowest BCUT2D eigenvalue weighted by Gasteiger charge is -2.12. The van der Waals surface area contributed by atoms with Gasteiger partial charge >= 0.3 is 0 Å². The maximum atomic E-state index is 12.6. The van der Waals surface area contributed by atoms with Crippen molar-refractivity contribution in [1.82, 2.24) is 14.6 Å². The number of sulfonamides is 1. The number of carbonyl (C=O) groups excluding carboxylic acids is 1. The van der Waals surface area contributed by atoms with Crippen LogP contribution in [0.4, 0.5) is 5.69 Å². The fraction of sp³-hybridized carbons (Fsp3) is 0.182. The Labute approximate surface area is 187 Å². The van der Waals surface area contributed by atoms with Crippen LogP contribution in [0.2, 0.25) is 5.02 Å². The van der Waals surface area contributed by atoms with E-state index in [1.165, 1.54) is 24.3 Å². The highest BCUT2D eigenvalue weighted by Crippen LogP contribution is 2.29. The molecule has 7 nitrogen and oxygen atoms in total. The molecule has 2 N–H and O–H groups in total. The molecule has 0 fully saturated rings. The van der Waals surface area contributed by atoms with Crippen molar-refractivity contribution >= 4 is 33.2 Å². The minimum Gasteiger partial charge on any atom is -0.322 e. The molecule has 2 aromatic carbocycles. The van der Waals surface area contributed by atoms with E-state index in [9.17, 15) is 13.2 Å². The number of anilines is 1. The van der Waals surface area contributed by atoms with Crippen molar-refractivity contribution in [2.75, 3.05) is 32.5 Å². The van der Waals surface area contributed by atoms with Crippen LogP contribution in [0.15, 0.2) is 71.8 Å². The van der Waals surface area contributed by atoms with E-state index in [0.717, 1.165) is 0 Å². The lowest BCUT2D eigenvalue weighted by molar-refractivity contribution is 0.102. The second-order valence-electron chi connectivity index (χ2n) is 7.09. The Kier molecular flexibility index (Phi) is 7.40. The number of likely N-dealkylation sites (N-methyl/N-ethyl adjacent to an activating group) is 1. The van der Waals surface area contributed by atoms with Crippen molar-refractivity contribution in [2.24, 2.45) is 0 Å². The molecule has 1 heterocycles. The fourth-order valence-electron chi connectivity index (χ4n) is 2.80. The third kappa shape index (κ3) is 6.11. The van der Waals surface area contributed by atoms with Gasteiger partial charge in [-0.1, -0.05) is 17.7 Å². The van der Waals surface area contributed by atoms with E-state index < -0.39 is 10.0 Å². The highest BCUT2D eigenvalue weighted by atomic mass is 35.5. The van der Waals surface area contributed by atoms with Gasteiger partial charge < -0.3 is 10.2 Å². The second kappa shape index (κ2) is 10.0. The van der Waals surface area contributed by atoms with Crippen LogP contribution in [-0.4, -0.2) is 51.4 Å². The van der Waals surface area contributed by atoms with E-state index in [4.69, 9.17) is 11.6 Å². The van der Waals surface area contributed by atoms with Gasteiger partial charge in [-0.25, -0.2) is 13.1 Å². The average Bonchev–Trinajstić information content (AvgIpc) is 2.75. The molecular formula is C22H23ClN4O3S. The predicted octanol–water partition coefficient (Wildman–Crippen LogP) is 3.49. The number of hydrogen-bond acceptors (Lipinski definition) is 5. The molecule has 0 saturated carbocycles. The lowest BCUT2D eigenvalue weighted by Crippen LogP contribution is -2.31. The van der Waals surface area contributed by atoms with Gasteiger partial charge in [0.2, 0.25) is 10.0 Å². The number of nitrogens with zero attached hydrogens (tertiary/aromatic N) is 2. The molecule has 0 radical (unpaired) electrons. The monoisotopic (exact) mass is 458 g/mol. The van der Waals surface area contributed by atoms with Crippen molar-refractivity contribution in [3.05, 3.63) is 77.4 Å². The van der Waals surface area contributed by atoms with Gasteiger partial charge in [-0.2, -0.15) is 0 Å². The summed E-state index contributed by atoms with van der Waals surface area (Å²) < 4.78 is 27.2. The fourth-order valence-corrected chi connectivity index (χ4v) is 4.03. The Morgan fingerprint density at radius 3 is 2.45 bits per heavy atom. The smallest absolute Gasteiger partial charge is 0.255 e. The molecule has 162 valence electrons. The van der Waals surface area contributed by atoms with E-state index >= 15 is 0 Å². The quantitative estimate of drug-likeness (QED) is 0.539. The van der Waals surface area contributed by atoms with Gasteiger partial charge in [0.25, 0.3) is 5.91 Å². The van der Waals surface area contributed by atoms with Crippen LogP contribution in [-0.2, 0) is 10.0 Å². The second-order valence-corrected chi connectivity index (χ2v) is 9.26. The van der Waals surface area contributed by atoms with Gasteiger partial charge in [0.15, 0.2) is 0 Å². The SMILES string of the molecule is CN(C)CCNS(=O)(=O)c1ccc(C(=O)Nc2ccc(Cl)c(-c3ccccn3)c2)cc1. The molecule has 0 spiro atoms. The standard InChI is InChI=1S/C22H23ClN4O3S/c1-27(2)14-13-25-31(29,30)18-9-6-16(7-10-18)22(28)26-17-8-11-20(23)19(15-17)21-5-3-4-12-24-21/h3-12,15,25H,13-14H2,1-2H3,(H,26,28). The molecule has 31 heavy (non-hydrogen) atoms. The first-order valence-electron chi connectivity index (χ1n) is 9.53. The Bertz CT molecular complexity index is 1150. The van der Waals surface area contributed by atoms with E-state index in [-0.39, 0.29) is 10.8 Å². The molecule has 0 aliphatic carbocycles. The summed E-state index contributed by atoms with van der Waals surface area (Å²) in [6.45, 7) is 0.883. The van der Waals surface area contributed by atoms with Crippen LogP contribution in [0.1, 0.15) is 10.4 Å². The number of hydrogen-bond donors (Lipinski definition) is 2. The van der Waals surface area contributed by atoms with E-state index in [1.807, 2.05) is 37.2 Å². The highest BCUT2D eigenvalue weighted by Gasteiger charge is 2.15. The maximum absolute atomic E-state index is 12.6. The van der Waals surface area contributed by atoms with Crippen molar-refractivity contribution < 1.29 is 13.2 Å². The number of halogens is 1. The first kappa shape index (κ1) is 22.9. The molecule has 0 aliphatic heterocycles. The third-order valence-corrected chi connectivity index (χ3v) is 6.25. The largest absolute Gasteiger partial charge is 0.322 e. The van der Waals surface area contributed by atoms with E-state index in [2.05, 4.69) is 15.0 Å². The van der Waals surface area contributed by atoms with Gasteiger partial charge in [0.1, 0.15) is 0 Å². The summed E-state index contributed by atoms with van der Waals surface area (Å²) in [5, 5.41) is 3.33. The molecular weight excluding hydrogens is 436 g/mol. The van der Waals surface area contributed by atoms with Gasteiger partial charge in [-0.05, 0) is 68.7 Å². The average molecular weight is 459 g/mol. The molecule has 0 unspecified atom stereocenters. The van der Waals surface area contributed by atoms with Crippen LogP contribution in [0.3, 0.4) is 0 Å². The number of carbonyl (C=O) groups is 1. The summed E-state index contributed by atoms with van der Waals surface area (Å²) in [6, 6.07) is 16.4. The molecule has 1 amide bonds. The summed E-state index contributed by atoms with van der Waals surface area (Å²) in [6.07, 6.45) is 1.67. The number of pyridine rings is 1. The van der Waals surface area contributed by atoms with Crippen molar-refractivity contribution in [3.8, 4) is 11.3 Å². The Morgan fingerprint density at radius 1 is 1.06 bits per heavy atom. The summed E-state index contributed by atoms with van der Waals surface area (Å²) in [5.74, 6) is -0.362. The van der Waals surface area contributed by atoms with Gasteiger partial charge in [0, 0.05) is 36.1 Å². The van der Waals surface area contributed by atoms with Gasteiger partial charge in [0.05, 0.1) is 15.6 Å². The van der Waals surface area contributed by atoms with Crippen LogP contribution in [0.5, 0.6) is 0 Å². The zero-order valence-electron chi connectivity index (χ0n) is 17.2. The number of benzene rings is 2. The number of rotatable bonds is 8. The summed E-state index contributed by atoms with van der Waals surface area (Å²) in [5.41, 5.74) is 2.28. The number of amides is 1. The third-order valence-electron chi connectivity index (χ3n) is 4.44. The number of nitrogens with one attached hydrogen (secondary N) is 2. The van der Waals surface area contributed by atoms with Crippen LogP contribution >= 0.6 is 11.6 Å². The summed E-state index contributed by atoms with van der Waals surface area (Å²) in [7, 11) is 0.0973. The van der Waals surface area contributed by atoms with Crippen LogP contribution < -0.4 is 10.0 Å². The first-order chi connectivity index (χ1) is 14.8. The molecule has 3 aromatic rings. The van der Waals surface area contributed by atoms with Gasteiger partial charge in [-0.3, -0.25) is 9.78 Å². The molecule has 0 atom stereocenters. The Hall–Kier alpha value is -2.78. The maximum Gasteiger partial charge on any atom is 0.255 e. The van der Waals surface area contributed by atoms with Crippen molar-refractivity contribution in [3.63, 3.8) is 0 Å². The van der Waals surface area contributed by atoms with Crippen molar-refractivity contribution in [1.29, 1.82) is 0 Å². The summed E-state index contributed by atoms with van der Waals surface area (Å²) >= 11 is 6.28. The molecule has 0 saturated heterocycles. The van der Waals surface area contributed by atoms with Crippen LogP contribution in [0, 0.1) is 0 Å². The zero-order valence-corrected chi connectivity index (χ0v) is 18.7. The van der Waals surface area contributed by atoms with Gasteiger partial charge in [-0.15, -0.1) is 0 Å². The topological polar surface area (TPSA) is 91.4 Å². The number of aromatic nitrogens is 1. The predicted molar refractivity (Wildman–Crippen MR) is 123 cm³/mol. The van der Waals surface area contributed by atoms with Crippen molar-refractivity contribution in [2.45, 2.75) is 4.90 Å². The van der Waals surface area contributed by atoms with E-state index in [0.29, 0.717) is 40.6 Å². The Balaban J connectivity index is 1.72. The highest BCUT2D eigenvalue weighted by molar-refractivity contribution is 7.89. The molecule has 0 aliphatic rings. The van der Waals surface area contributed by atoms with E-state index in [1.54, 1.807) is 24.4 Å². The molecule has 1 aromatic heterocycles. The molecule has 0 bridgehead atoms. The molecule has 3 rings (SSSR count). The lowest BCUT2D eigenvalue weighted by atomic mass is 10.1. The Morgan fingerprint density at radius 2 is 1.81 bits per heavy atom. The summed E-state index contributed by atoms with van der Waals surface area (Å²) in [4.78, 5) is 18.9. The van der Waals surface area contributed by atoms with Crippen LogP contribution in [0.25, 0.3) is 11.3 Å². The first-order valence-corrected chi connectivity index (χ1v) is 11.4. The minimum atomic E-state index is -3.63. The normalized spacial score (nSPS) is 11.5. The molecule has 9 heteroatoms. The minimum absolute atomic E-state index is 0.103.